The van der Waals surface area contributed by atoms with E-state index >= 15 is 0 Å². The molecule has 0 radical (unpaired) electrons. The molecule has 18 heavy (non-hydrogen) atoms. The first kappa shape index (κ1) is 13.1. The van der Waals surface area contributed by atoms with Gasteiger partial charge in [0.05, 0.1) is 6.61 Å². The number of nitrogens with two attached hydrogens (primary N) is 1. The Labute approximate surface area is 114 Å². The van der Waals surface area contributed by atoms with Crippen molar-refractivity contribution < 1.29 is 9.53 Å². The Balaban J connectivity index is 2.50. The van der Waals surface area contributed by atoms with Crippen molar-refractivity contribution in [3.63, 3.8) is 0 Å². The van der Waals surface area contributed by atoms with E-state index in [0.29, 0.717) is 6.61 Å². The van der Waals surface area contributed by atoms with E-state index in [1.165, 1.54) is 0 Å². The molecule has 1 aromatic carbocycles. The molecule has 0 aliphatic heterocycles. The Morgan fingerprint density at radius 2 is 2.28 bits per heavy atom. The molecule has 0 aliphatic rings. The normalized spacial score (nSPS) is 12.7. The highest BCUT2D eigenvalue weighted by Crippen LogP contribution is 2.28. The molecule has 2 N–H and O–H groups in total. The zero-order valence-electron chi connectivity index (χ0n) is 10.3. The second kappa shape index (κ2) is 5.12. The average Bonchev–Trinajstić information content (AvgIpc) is 2.65. The molecule has 0 saturated carbocycles. The van der Waals surface area contributed by atoms with Crippen molar-refractivity contribution in [3.05, 3.63) is 34.4 Å². The van der Waals surface area contributed by atoms with Gasteiger partial charge in [-0.1, -0.05) is 15.9 Å². The minimum atomic E-state index is -0.747. The molecular weight excluding hydrogens is 296 g/mol. The van der Waals surface area contributed by atoms with Gasteiger partial charge < -0.3 is 15.0 Å². The Kier molecular flexibility index (Phi) is 3.73. The summed E-state index contributed by atoms with van der Waals surface area (Å²) < 4.78 is 7.87. The average molecular weight is 311 g/mol. The SMILES string of the molecule is CCOC(=O)C(N)c1cn(C)c2ccc(Br)cc12. The number of esters is 1. The molecule has 2 aromatic rings. The van der Waals surface area contributed by atoms with Gasteiger partial charge in [0.25, 0.3) is 0 Å². The van der Waals surface area contributed by atoms with E-state index < -0.39 is 12.0 Å². The fraction of sp³-hybridized carbons (Fsp3) is 0.308. The number of aryl methyl sites for hydroxylation is 1. The molecule has 96 valence electrons. The molecule has 1 heterocycles. The predicted octanol–water partition coefficient (Wildman–Crippen LogP) is 2.50. The van der Waals surface area contributed by atoms with E-state index in [1.807, 2.05) is 36.0 Å². The minimum Gasteiger partial charge on any atom is -0.465 e. The van der Waals surface area contributed by atoms with E-state index in [2.05, 4.69) is 15.9 Å². The topological polar surface area (TPSA) is 57.2 Å². The van der Waals surface area contributed by atoms with Gasteiger partial charge >= 0.3 is 5.97 Å². The number of ether oxygens (including phenoxy) is 1. The monoisotopic (exact) mass is 310 g/mol. The van der Waals surface area contributed by atoms with Crippen LogP contribution in [0, 0.1) is 0 Å². The van der Waals surface area contributed by atoms with Gasteiger partial charge in [0.1, 0.15) is 6.04 Å². The van der Waals surface area contributed by atoms with Crippen LogP contribution in [0.1, 0.15) is 18.5 Å². The van der Waals surface area contributed by atoms with Crippen LogP contribution in [-0.4, -0.2) is 17.1 Å². The van der Waals surface area contributed by atoms with Gasteiger partial charge in [-0.15, -0.1) is 0 Å². The number of benzene rings is 1. The zero-order chi connectivity index (χ0) is 13.3. The molecule has 0 bridgehead atoms. The second-order valence-corrected chi connectivity index (χ2v) is 5.00. The quantitative estimate of drug-likeness (QED) is 0.886. The van der Waals surface area contributed by atoms with E-state index in [4.69, 9.17) is 10.5 Å². The molecule has 0 amide bonds. The highest BCUT2D eigenvalue weighted by Gasteiger charge is 2.21. The molecule has 0 aliphatic carbocycles. The highest BCUT2D eigenvalue weighted by atomic mass is 79.9. The molecular formula is C13H15BrN2O2. The van der Waals surface area contributed by atoms with Crippen molar-refractivity contribution in [2.24, 2.45) is 12.8 Å². The summed E-state index contributed by atoms with van der Waals surface area (Å²) in [6.45, 7) is 2.10. The number of rotatable bonds is 3. The lowest BCUT2D eigenvalue weighted by Crippen LogP contribution is -2.23. The van der Waals surface area contributed by atoms with Crippen LogP contribution in [0.2, 0.25) is 0 Å². The predicted molar refractivity (Wildman–Crippen MR) is 74.2 cm³/mol. The van der Waals surface area contributed by atoms with Gasteiger partial charge in [-0.25, -0.2) is 4.79 Å². The van der Waals surface area contributed by atoms with Gasteiger partial charge in [-0.05, 0) is 25.1 Å². The molecule has 5 heteroatoms. The number of carbonyl (C=O) groups excluding carboxylic acids is 1. The van der Waals surface area contributed by atoms with Crippen LogP contribution in [0.3, 0.4) is 0 Å². The number of halogens is 1. The third-order valence-corrected chi connectivity index (χ3v) is 3.35. The van der Waals surface area contributed by atoms with Crippen molar-refractivity contribution in [2.75, 3.05) is 6.61 Å². The Bertz CT molecular complexity index is 592. The van der Waals surface area contributed by atoms with Crippen LogP contribution in [-0.2, 0) is 16.6 Å². The number of hydrogen-bond acceptors (Lipinski definition) is 3. The summed E-state index contributed by atoms with van der Waals surface area (Å²) >= 11 is 3.43. The number of carbonyl (C=O) groups is 1. The summed E-state index contributed by atoms with van der Waals surface area (Å²) in [6.07, 6.45) is 1.87. The Hall–Kier alpha value is -1.33. The third kappa shape index (κ3) is 2.28. The molecule has 1 atom stereocenters. The lowest BCUT2D eigenvalue weighted by atomic mass is 10.1. The van der Waals surface area contributed by atoms with Gasteiger partial charge in [0.2, 0.25) is 0 Å². The summed E-state index contributed by atoms with van der Waals surface area (Å²) in [5.41, 5.74) is 7.77. The highest BCUT2D eigenvalue weighted by molar-refractivity contribution is 9.10. The van der Waals surface area contributed by atoms with E-state index in [-0.39, 0.29) is 0 Å². The lowest BCUT2D eigenvalue weighted by molar-refractivity contribution is -0.144. The third-order valence-electron chi connectivity index (χ3n) is 2.86. The van der Waals surface area contributed by atoms with Gasteiger partial charge in [0, 0.05) is 34.2 Å². The molecule has 0 spiro atoms. The Morgan fingerprint density at radius 1 is 1.56 bits per heavy atom. The largest absolute Gasteiger partial charge is 0.465 e. The van der Waals surface area contributed by atoms with Crippen LogP contribution >= 0.6 is 15.9 Å². The first-order valence-electron chi connectivity index (χ1n) is 5.71. The first-order valence-corrected chi connectivity index (χ1v) is 6.50. The van der Waals surface area contributed by atoms with Crippen LogP contribution in [0.4, 0.5) is 0 Å². The summed E-state index contributed by atoms with van der Waals surface area (Å²) in [6, 6.07) is 5.16. The fourth-order valence-electron chi connectivity index (χ4n) is 2.00. The standard InChI is InChI=1S/C13H15BrN2O2/c1-3-18-13(17)12(15)10-7-16(2)11-5-4-8(14)6-9(10)11/h4-7,12H,3,15H2,1-2H3. The molecule has 0 fully saturated rings. The lowest BCUT2D eigenvalue weighted by Gasteiger charge is -2.09. The van der Waals surface area contributed by atoms with Crippen LogP contribution < -0.4 is 5.73 Å². The van der Waals surface area contributed by atoms with E-state index in [1.54, 1.807) is 6.92 Å². The molecule has 1 unspecified atom stereocenters. The number of hydrogen-bond donors (Lipinski definition) is 1. The summed E-state index contributed by atoms with van der Waals surface area (Å²) in [5, 5.41) is 0.965. The van der Waals surface area contributed by atoms with Gasteiger partial charge in [0.15, 0.2) is 0 Å². The van der Waals surface area contributed by atoms with Gasteiger partial charge in [-0.3, -0.25) is 0 Å². The summed E-state index contributed by atoms with van der Waals surface area (Å²) in [4.78, 5) is 11.7. The molecule has 0 saturated heterocycles. The molecule has 2 rings (SSSR count). The fourth-order valence-corrected chi connectivity index (χ4v) is 2.36. The summed E-state index contributed by atoms with van der Waals surface area (Å²) in [5.74, 6) is -0.398. The first-order chi connectivity index (χ1) is 8.54. The summed E-state index contributed by atoms with van der Waals surface area (Å²) in [7, 11) is 1.93. The maximum absolute atomic E-state index is 11.7. The minimum absolute atomic E-state index is 0.334. The van der Waals surface area contributed by atoms with Crippen molar-refractivity contribution >= 4 is 32.8 Å². The van der Waals surface area contributed by atoms with Crippen LogP contribution in [0.5, 0.6) is 0 Å². The van der Waals surface area contributed by atoms with Crippen molar-refractivity contribution in [2.45, 2.75) is 13.0 Å². The van der Waals surface area contributed by atoms with Crippen molar-refractivity contribution in [1.29, 1.82) is 0 Å². The van der Waals surface area contributed by atoms with Crippen molar-refractivity contribution in [1.82, 2.24) is 4.57 Å². The number of fused-ring (bicyclic) bond motifs is 1. The molecule has 1 aromatic heterocycles. The van der Waals surface area contributed by atoms with Crippen LogP contribution in [0.25, 0.3) is 10.9 Å². The number of nitrogens with zero attached hydrogens (tertiary/aromatic N) is 1. The Morgan fingerprint density at radius 3 is 2.94 bits per heavy atom. The second-order valence-electron chi connectivity index (χ2n) is 4.09. The smallest absolute Gasteiger partial charge is 0.327 e. The number of aromatic nitrogens is 1. The van der Waals surface area contributed by atoms with Crippen molar-refractivity contribution in [3.8, 4) is 0 Å². The van der Waals surface area contributed by atoms with Crippen LogP contribution in [0.15, 0.2) is 28.9 Å². The maximum Gasteiger partial charge on any atom is 0.327 e. The van der Waals surface area contributed by atoms with Gasteiger partial charge in [-0.2, -0.15) is 0 Å². The maximum atomic E-state index is 11.7. The van der Waals surface area contributed by atoms with E-state index in [0.717, 1.165) is 20.9 Å². The zero-order valence-corrected chi connectivity index (χ0v) is 11.9. The molecule has 4 nitrogen and oxygen atoms in total. The van der Waals surface area contributed by atoms with E-state index in [9.17, 15) is 4.79 Å².